The van der Waals surface area contributed by atoms with Crippen molar-refractivity contribution in [1.82, 2.24) is 29.7 Å². The molecule has 1 aliphatic carbocycles. The normalized spacial score (nSPS) is 23.9. The maximum Gasteiger partial charge on any atom is 0.416 e. The van der Waals surface area contributed by atoms with Crippen molar-refractivity contribution in [3.8, 4) is 11.8 Å². The highest BCUT2D eigenvalue weighted by atomic mass is 19.4. The second-order valence-electron chi connectivity index (χ2n) is 11.4. The van der Waals surface area contributed by atoms with Gasteiger partial charge in [-0.1, -0.05) is 12.0 Å². The number of nitrogen functional groups attached to an aromatic ring is 1. The van der Waals surface area contributed by atoms with Gasteiger partial charge in [-0.3, -0.25) is 9.36 Å². The lowest BCUT2D eigenvalue weighted by atomic mass is 9.94. The smallest absolute Gasteiger partial charge is 0.387 e. The van der Waals surface area contributed by atoms with Crippen molar-refractivity contribution in [2.75, 3.05) is 24.1 Å². The number of likely N-dealkylation sites (tertiary alicyclic amines) is 1. The van der Waals surface area contributed by atoms with Crippen molar-refractivity contribution in [2.45, 2.75) is 68.9 Å². The van der Waals surface area contributed by atoms with Crippen molar-refractivity contribution in [3.05, 3.63) is 42.0 Å². The average molecular weight is 629 g/mol. The molecule has 4 heterocycles. The van der Waals surface area contributed by atoms with Crippen LogP contribution < -0.4 is 16.4 Å². The number of nitrogens with two attached hydrogens (primary N) is 1. The van der Waals surface area contributed by atoms with Crippen LogP contribution in [0.3, 0.4) is 0 Å². The highest BCUT2D eigenvalue weighted by Crippen LogP contribution is 2.33. The van der Waals surface area contributed by atoms with Gasteiger partial charge < -0.3 is 36.2 Å². The molecule has 45 heavy (non-hydrogen) atoms. The predicted molar refractivity (Wildman–Crippen MR) is 153 cm³/mol. The zero-order chi connectivity index (χ0) is 31.9. The molecule has 3 fully saturated rings. The molecule has 2 aliphatic heterocycles. The van der Waals surface area contributed by atoms with Gasteiger partial charge in [0.15, 0.2) is 23.8 Å². The second-order valence-corrected chi connectivity index (χ2v) is 11.4. The first kappa shape index (κ1) is 30.6. The Morgan fingerprint density at radius 1 is 1.11 bits per heavy atom. The third kappa shape index (κ3) is 6.65. The fourth-order valence-electron chi connectivity index (χ4n) is 5.39. The van der Waals surface area contributed by atoms with Gasteiger partial charge in [0, 0.05) is 31.2 Å². The average Bonchev–Trinajstić information content (AvgIpc) is 3.64. The Bertz CT molecular complexity index is 1660. The summed E-state index contributed by atoms with van der Waals surface area (Å²) < 4.78 is 46.1. The summed E-state index contributed by atoms with van der Waals surface area (Å²) in [5, 5.41) is 26.5. The summed E-state index contributed by atoms with van der Waals surface area (Å²) in [4.78, 5) is 39.5. The highest BCUT2D eigenvalue weighted by molar-refractivity contribution is 5.89. The minimum atomic E-state index is -4.50. The molecule has 6 N–H and O–H groups in total. The number of nitrogens with one attached hydrogen (secondary N) is 2. The van der Waals surface area contributed by atoms with Gasteiger partial charge in [-0.25, -0.2) is 19.7 Å². The van der Waals surface area contributed by atoms with Crippen LogP contribution in [0.1, 0.15) is 49.7 Å². The van der Waals surface area contributed by atoms with Gasteiger partial charge in [0.2, 0.25) is 5.82 Å². The first-order chi connectivity index (χ1) is 21.5. The number of carbonyl (C=O) groups excluding carboxylic acids is 2. The summed E-state index contributed by atoms with van der Waals surface area (Å²) in [6.45, 7) is 0.835. The van der Waals surface area contributed by atoms with E-state index >= 15 is 0 Å². The van der Waals surface area contributed by atoms with Gasteiger partial charge in [-0.2, -0.15) is 13.2 Å². The first-order valence-electron chi connectivity index (χ1n) is 14.5. The van der Waals surface area contributed by atoms with E-state index in [2.05, 4.69) is 37.4 Å². The molecule has 0 bridgehead atoms. The van der Waals surface area contributed by atoms with Gasteiger partial charge in [-0.05, 0) is 55.7 Å². The minimum absolute atomic E-state index is 0.0531. The Morgan fingerprint density at radius 2 is 1.87 bits per heavy atom. The molecule has 4 atom stereocenters. The third-order valence-corrected chi connectivity index (χ3v) is 8.08. The lowest BCUT2D eigenvalue weighted by Gasteiger charge is -2.31. The molecule has 0 unspecified atom stereocenters. The molecule has 13 nitrogen and oxygen atoms in total. The summed E-state index contributed by atoms with van der Waals surface area (Å²) in [5.41, 5.74) is 5.80. The van der Waals surface area contributed by atoms with E-state index in [1.54, 1.807) is 4.90 Å². The summed E-state index contributed by atoms with van der Waals surface area (Å²) in [7, 11) is 0. The van der Waals surface area contributed by atoms with Gasteiger partial charge in [0.1, 0.15) is 17.7 Å². The van der Waals surface area contributed by atoms with E-state index in [0.717, 1.165) is 25.0 Å². The number of carbonyl (C=O) groups is 2. The molecule has 2 saturated heterocycles. The largest absolute Gasteiger partial charge is 0.416 e. The molecular formula is C29H31F3N8O5. The number of amides is 3. The van der Waals surface area contributed by atoms with E-state index in [0.29, 0.717) is 32.4 Å². The fourth-order valence-corrected chi connectivity index (χ4v) is 5.39. The molecule has 16 heteroatoms. The number of aliphatic hydroxyl groups excluding tert-OH is 2. The van der Waals surface area contributed by atoms with Crippen molar-refractivity contribution >= 4 is 34.6 Å². The van der Waals surface area contributed by atoms with Crippen molar-refractivity contribution < 1.29 is 37.7 Å². The second kappa shape index (κ2) is 12.1. The highest BCUT2D eigenvalue weighted by Gasteiger charge is 2.48. The van der Waals surface area contributed by atoms with Gasteiger partial charge >= 0.3 is 12.2 Å². The molecule has 2 aromatic heterocycles. The Kier molecular flexibility index (Phi) is 8.25. The molecule has 6 rings (SSSR count). The molecular weight excluding hydrogens is 597 g/mol. The topological polar surface area (TPSA) is 181 Å². The molecule has 1 aromatic carbocycles. The van der Waals surface area contributed by atoms with Gasteiger partial charge in [-0.15, -0.1) is 0 Å². The zero-order valence-electron chi connectivity index (χ0n) is 23.9. The number of aromatic nitrogens is 4. The number of rotatable bonds is 5. The summed E-state index contributed by atoms with van der Waals surface area (Å²) in [6.07, 6.45) is -4.97. The Labute approximate surface area is 255 Å². The molecule has 0 spiro atoms. The lowest BCUT2D eigenvalue weighted by molar-refractivity contribution is -0.138. The molecule has 3 aliphatic rings. The van der Waals surface area contributed by atoms with Crippen LogP contribution >= 0.6 is 0 Å². The molecule has 3 aromatic rings. The number of alkyl halides is 3. The Hall–Kier alpha value is -4.46. The van der Waals surface area contributed by atoms with E-state index in [1.807, 2.05) is 0 Å². The summed E-state index contributed by atoms with van der Waals surface area (Å²) in [6, 6.07) is 4.08. The number of fused-ring (bicyclic) bond motifs is 1. The number of hydrogen-bond acceptors (Lipinski definition) is 9. The Morgan fingerprint density at radius 3 is 2.58 bits per heavy atom. The van der Waals surface area contributed by atoms with E-state index in [4.69, 9.17) is 10.5 Å². The maximum absolute atomic E-state index is 13.0. The Balaban J connectivity index is 1.06. The fraction of sp³-hybridized carbons (Fsp3) is 0.483. The third-order valence-electron chi connectivity index (χ3n) is 8.08. The van der Waals surface area contributed by atoms with Crippen molar-refractivity contribution in [3.63, 3.8) is 0 Å². The predicted octanol–water partition coefficient (Wildman–Crippen LogP) is 2.01. The van der Waals surface area contributed by atoms with E-state index in [9.17, 15) is 33.0 Å². The maximum atomic E-state index is 13.0. The van der Waals surface area contributed by atoms with Crippen LogP contribution in [-0.2, 0) is 15.7 Å². The summed E-state index contributed by atoms with van der Waals surface area (Å²) >= 11 is 0. The SMILES string of the molecule is Nc1nc(C#CCC2CCN(C(=O)Nc3cccc(C(F)(F)F)c3)CC2)nc2c1ncn2[C@@H]1O[C@H](C(=O)NC2CC2)[C@@H](O)[C@H]1O. The van der Waals surface area contributed by atoms with Crippen LogP contribution in [0.2, 0.25) is 0 Å². The molecule has 1 saturated carbocycles. The van der Waals surface area contributed by atoms with Crippen LogP contribution in [-0.4, -0.2) is 84.0 Å². The number of piperidine rings is 1. The molecule has 0 radical (unpaired) electrons. The summed E-state index contributed by atoms with van der Waals surface area (Å²) in [5.74, 6) is 5.78. The molecule has 3 amide bonds. The number of nitrogens with zero attached hydrogens (tertiary/aromatic N) is 5. The quantitative estimate of drug-likeness (QED) is 0.264. The number of aliphatic hydroxyl groups is 2. The zero-order valence-corrected chi connectivity index (χ0v) is 23.9. The van der Waals surface area contributed by atoms with Crippen molar-refractivity contribution in [1.29, 1.82) is 0 Å². The number of halogens is 3. The van der Waals surface area contributed by atoms with E-state index in [-0.39, 0.29) is 40.5 Å². The van der Waals surface area contributed by atoms with Gasteiger partial charge in [0.25, 0.3) is 5.91 Å². The van der Waals surface area contributed by atoms with Gasteiger partial charge in [0.05, 0.1) is 11.9 Å². The van der Waals surface area contributed by atoms with Crippen LogP contribution in [0, 0.1) is 17.8 Å². The molecule has 238 valence electrons. The number of anilines is 2. The van der Waals surface area contributed by atoms with E-state index < -0.39 is 48.2 Å². The van der Waals surface area contributed by atoms with Crippen LogP contribution in [0.4, 0.5) is 29.5 Å². The number of imidazole rings is 1. The number of urea groups is 1. The number of benzene rings is 1. The number of ether oxygens (including phenoxy) is 1. The number of hydrogen-bond donors (Lipinski definition) is 5. The van der Waals surface area contributed by atoms with Crippen LogP contribution in [0.25, 0.3) is 11.2 Å². The van der Waals surface area contributed by atoms with E-state index in [1.165, 1.54) is 23.0 Å². The van der Waals surface area contributed by atoms with Crippen LogP contribution in [0.15, 0.2) is 30.6 Å². The van der Waals surface area contributed by atoms with Crippen molar-refractivity contribution in [2.24, 2.45) is 5.92 Å². The minimum Gasteiger partial charge on any atom is -0.387 e. The first-order valence-corrected chi connectivity index (χ1v) is 14.5. The van der Waals surface area contributed by atoms with Crippen LogP contribution in [0.5, 0.6) is 0 Å². The standard InChI is InChI=1S/C29H31F3N8O5/c30-29(31,32)16-4-2-5-18(13-16)36-28(44)39-11-9-15(10-12-39)3-1-6-19-37-24(33)20-25(38-19)40(14-34-20)27-22(42)21(41)23(45-27)26(43)35-17-7-8-17/h2,4-5,13-15,17,21-23,27,41-42H,3,7-12H2,(H,35,43)(H,36,44)(H2,33,37,38)/t21-,22+,23-,27+/m0/s1. The lowest BCUT2D eigenvalue weighted by Crippen LogP contribution is -2.43. The monoisotopic (exact) mass is 628 g/mol.